The van der Waals surface area contributed by atoms with Crippen molar-refractivity contribution in [3.05, 3.63) is 43.0 Å². The van der Waals surface area contributed by atoms with Crippen LogP contribution in [0.5, 0.6) is 0 Å². The second-order valence-corrected chi connectivity index (χ2v) is 6.19. The van der Waals surface area contributed by atoms with Gasteiger partial charge in [-0.15, -0.1) is 0 Å². The van der Waals surface area contributed by atoms with E-state index in [1.165, 1.54) is 10.8 Å². The molecule has 3 atom stereocenters. The van der Waals surface area contributed by atoms with Gasteiger partial charge in [-0.2, -0.15) is 0 Å². The largest absolute Gasteiger partial charge is 0.461 e. The molecule has 1 aromatic rings. The van der Waals surface area contributed by atoms with Crippen LogP contribution in [0.25, 0.3) is 10.4 Å². The van der Waals surface area contributed by atoms with E-state index in [-0.39, 0.29) is 46.1 Å². The summed E-state index contributed by atoms with van der Waals surface area (Å²) in [4.78, 5) is 40.2. The number of esters is 1. The molecule has 29 heavy (non-hydrogen) atoms. The zero-order chi connectivity index (χ0) is 21.2. The van der Waals surface area contributed by atoms with Gasteiger partial charge in [0, 0.05) is 23.1 Å². The zero-order valence-corrected chi connectivity index (χ0v) is 15.9. The average molecular weight is 413 g/mol. The number of nitrogens with zero attached hydrogens (tertiary/aromatic N) is 4. The fraction of sp³-hybridized carbons (Fsp3) is 0.688. The highest BCUT2D eigenvalue weighted by Crippen LogP contribution is 2.30. The van der Waals surface area contributed by atoms with E-state index in [1.54, 1.807) is 6.92 Å². The molecule has 1 saturated heterocycles. The third-order valence-electron chi connectivity index (χ3n) is 4.10. The molecule has 0 bridgehead atoms. The molecule has 13 nitrogen and oxygen atoms in total. The maximum absolute atomic E-state index is 12.0. The van der Waals surface area contributed by atoms with Crippen LogP contribution in [0.15, 0.2) is 20.9 Å². The van der Waals surface area contributed by atoms with Gasteiger partial charge in [-0.1, -0.05) is 5.11 Å². The van der Waals surface area contributed by atoms with Gasteiger partial charge in [0.1, 0.15) is 25.5 Å². The number of hydrogen-bond donors (Lipinski definition) is 2. The maximum Gasteiger partial charge on any atom is 0.332 e. The van der Waals surface area contributed by atoms with Crippen LogP contribution in [0.4, 0.5) is 0 Å². The molecule has 1 fully saturated rings. The smallest absolute Gasteiger partial charge is 0.332 e. The Balaban J connectivity index is 1.89. The molecule has 0 aromatic carbocycles. The minimum atomic E-state index is -0.780. The normalized spacial score (nSPS) is 21.0. The molecule has 0 radical (unpaired) electrons. The van der Waals surface area contributed by atoms with Gasteiger partial charge in [0.2, 0.25) is 0 Å². The summed E-state index contributed by atoms with van der Waals surface area (Å²) in [5, 5.41) is 12.2. The van der Waals surface area contributed by atoms with Gasteiger partial charge in [-0.3, -0.25) is 14.3 Å². The van der Waals surface area contributed by atoms with Crippen molar-refractivity contribution < 1.29 is 28.8 Å². The Morgan fingerprint density at radius 1 is 1.41 bits per heavy atom. The number of azide groups is 1. The first-order chi connectivity index (χ1) is 14.0. The highest BCUT2D eigenvalue weighted by Gasteiger charge is 2.37. The van der Waals surface area contributed by atoms with Crippen LogP contribution in [0.3, 0.4) is 0 Å². The van der Waals surface area contributed by atoms with Crippen LogP contribution in [0.2, 0.25) is 0 Å². The van der Waals surface area contributed by atoms with Crippen molar-refractivity contribution in [1.29, 1.82) is 0 Å². The first kappa shape index (κ1) is 22.6. The molecule has 0 aliphatic carbocycles. The quantitative estimate of drug-likeness (QED) is 0.158. The minimum absolute atomic E-state index is 0.0957. The van der Waals surface area contributed by atoms with Crippen molar-refractivity contribution in [3.63, 3.8) is 0 Å². The number of aliphatic hydroxyl groups is 1. The van der Waals surface area contributed by atoms with Crippen molar-refractivity contribution in [1.82, 2.24) is 9.55 Å². The number of aromatic nitrogens is 2. The average Bonchev–Trinajstić information content (AvgIpc) is 3.08. The topological polar surface area (TPSA) is 178 Å². The first-order valence-corrected chi connectivity index (χ1v) is 8.90. The molecule has 1 aromatic heterocycles. The Morgan fingerprint density at radius 3 is 2.90 bits per heavy atom. The number of aromatic amines is 1. The van der Waals surface area contributed by atoms with Crippen molar-refractivity contribution in [2.24, 2.45) is 5.11 Å². The fourth-order valence-corrected chi connectivity index (χ4v) is 2.68. The Morgan fingerprint density at radius 2 is 2.17 bits per heavy atom. The number of hydrogen-bond acceptors (Lipinski definition) is 9. The summed E-state index contributed by atoms with van der Waals surface area (Å²) in [6.45, 7) is 1.53. The number of aliphatic hydroxyl groups excluding tert-OH is 1. The molecular weight excluding hydrogens is 390 g/mol. The predicted octanol–water partition coefficient (Wildman–Crippen LogP) is -0.620. The third-order valence-corrected chi connectivity index (χ3v) is 4.10. The SMILES string of the molecule is Cc1cn(C2CC(N=[N+]=[N-])C(COC(=O)COCCOCCO)O2)c(=O)[nH]c1=O. The number of carbonyl (C=O) groups excluding carboxylic acids is 1. The number of ether oxygens (including phenoxy) is 4. The van der Waals surface area contributed by atoms with Crippen molar-refractivity contribution >= 4 is 5.97 Å². The monoisotopic (exact) mass is 413 g/mol. The van der Waals surface area contributed by atoms with Gasteiger partial charge >= 0.3 is 11.7 Å². The molecule has 0 saturated carbocycles. The number of carbonyl (C=O) groups is 1. The van der Waals surface area contributed by atoms with Crippen molar-refractivity contribution in [2.75, 3.05) is 39.6 Å². The predicted molar refractivity (Wildman–Crippen MR) is 97.2 cm³/mol. The van der Waals surface area contributed by atoms with Crippen LogP contribution < -0.4 is 11.2 Å². The van der Waals surface area contributed by atoms with E-state index in [1.807, 2.05) is 0 Å². The molecule has 1 aliphatic heterocycles. The fourth-order valence-electron chi connectivity index (χ4n) is 2.68. The van der Waals surface area contributed by atoms with Crippen LogP contribution in [-0.4, -0.2) is 72.4 Å². The summed E-state index contributed by atoms with van der Waals surface area (Å²) >= 11 is 0. The molecule has 13 heteroatoms. The second kappa shape index (κ2) is 11.3. The standard InChI is InChI=1S/C16H23N5O8/c1-10-7-21(16(25)18-15(10)24)13-6-11(19-20-17)12(29-13)8-28-14(23)9-27-5-4-26-3-2-22/h7,11-13,22H,2-6,8-9H2,1H3,(H,18,24,25). The lowest BCUT2D eigenvalue weighted by Gasteiger charge is -2.17. The summed E-state index contributed by atoms with van der Waals surface area (Å²) in [6.07, 6.45) is 0.000214. The van der Waals surface area contributed by atoms with Gasteiger partial charge in [0.25, 0.3) is 5.56 Å². The van der Waals surface area contributed by atoms with Crippen LogP contribution in [0.1, 0.15) is 18.2 Å². The van der Waals surface area contributed by atoms with E-state index in [9.17, 15) is 14.4 Å². The number of rotatable bonds is 11. The van der Waals surface area contributed by atoms with Gasteiger partial charge in [0.05, 0.1) is 32.5 Å². The summed E-state index contributed by atoms with van der Waals surface area (Å²) < 4.78 is 22.1. The van der Waals surface area contributed by atoms with Gasteiger partial charge < -0.3 is 24.1 Å². The molecule has 2 heterocycles. The number of nitrogens with one attached hydrogen (secondary N) is 1. The van der Waals surface area contributed by atoms with E-state index in [2.05, 4.69) is 15.0 Å². The molecule has 3 unspecified atom stereocenters. The van der Waals surface area contributed by atoms with Crippen molar-refractivity contribution in [2.45, 2.75) is 31.7 Å². The number of H-pyrrole nitrogens is 1. The van der Waals surface area contributed by atoms with E-state index in [4.69, 9.17) is 29.6 Å². The Hall–Kier alpha value is -2.70. The summed E-state index contributed by atoms with van der Waals surface area (Å²) in [6, 6.07) is -0.662. The van der Waals surface area contributed by atoms with Gasteiger partial charge in [-0.25, -0.2) is 9.59 Å². The lowest BCUT2D eigenvalue weighted by molar-refractivity contribution is -0.154. The summed E-state index contributed by atoms with van der Waals surface area (Å²) in [7, 11) is 0. The van der Waals surface area contributed by atoms with Crippen molar-refractivity contribution in [3.8, 4) is 0 Å². The van der Waals surface area contributed by atoms with E-state index >= 15 is 0 Å². The van der Waals surface area contributed by atoms with E-state index in [0.717, 1.165) is 0 Å². The third kappa shape index (κ3) is 6.69. The molecule has 0 amide bonds. The Kier molecular flexibility index (Phi) is 8.83. The second-order valence-electron chi connectivity index (χ2n) is 6.19. The minimum Gasteiger partial charge on any atom is -0.461 e. The summed E-state index contributed by atoms with van der Waals surface area (Å²) in [5.74, 6) is -0.643. The molecule has 1 aliphatic rings. The maximum atomic E-state index is 12.0. The van der Waals surface area contributed by atoms with Crippen LogP contribution >= 0.6 is 0 Å². The van der Waals surface area contributed by atoms with Crippen LogP contribution in [0, 0.1) is 6.92 Å². The summed E-state index contributed by atoms with van der Waals surface area (Å²) in [5.41, 5.74) is 7.92. The Bertz CT molecular complexity index is 846. The molecular formula is C16H23N5O8. The zero-order valence-electron chi connectivity index (χ0n) is 15.9. The molecule has 160 valence electrons. The van der Waals surface area contributed by atoms with E-state index < -0.39 is 35.6 Å². The first-order valence-electron chi connectivity index (χ1n) is 8.90. The number of aryl methyl sites for hydroxylation is 1. The van der Waals surface area contributed by atoms with Gasteiger partial charge in [-0.05, 0) is 12.5 Å². The lowest BCUT2D eigenvalue weighted by atomic mass is 10.1. The van der Waals surface area contributed by atoms with Gasteiger partial charge in [0.15, 0.2) is 0 Å². The highest BCUT2D eigenvalue weighted by molar-refractivity contribution is 5.70. The van der Waals surface area contributed by atoms with E-state index in [0.29, 0.717) is 5.56 Å². The molecule has 2 N–H and O–H groups in total. The molecule has 2 rings (SSSR count). The Labute approximate surface area is 164 Å². The molecule has 0 spiro atoms. The van der Waals surface area contributed by atoms with Crippen LogP contribution in [-0.2, 0) is 23.7 Å². The highest BCUT2D eigenvalue weighted by atomic mass is 16.6. The lowest BCUT2D eigenvalue weighted by Crippen LogP contribution is -2.33.